The molecule has 32 heavy (non-hydrogen) atoms. The van der Waals surface area contributed by atoms with Gasteiger partial charge in [-0.1, -0.05) is 23.9 Å². The maximum Gasteiger partial charge on any atom is 0.325 e. The van der Waals surface area contributed by atoms with Crippen LogP contribution < -0.4 is 15.6 Å². The van der Waals surface area contributed by atoms with Crippen molar-refractivity contribution in [1.29, 1.82) is 0 Å². The average Bonchev–Trinajstić information content (AvgIpc) is 3.19. The number of carbonyl (C=O) groups is 2. The van der Waals surface area contributed by atoms with Crippen LogP contribution in [0.1, 0.15) is 23.3 Å². The molecule has 4 rings (SSSR count). The SMILES string of the molecule is COC(=O)CNC(=O)CSc1nc2sc3c(c2c(=O)n1-c1ccccc1OC)CCCC3. The first-order chi connectivity index (χ1) is 15.5. The number of hydrogen-bond donors (Lipinski definition) is 1. The van der Waals surface area contributed by atoms with Gasteiger partial charge in [-0.05, 0) is 43.4 Å². The standard InChI is InChI=1S/C22H23N3O5S2/c1-29-15-9-5-4-8-14(15)25-21(28)19-13-7-3-6-10-16(13)32-20(19)24-22(25)31-12-17(26)23-11-18(27)30-2/h4-5,8-9H,3,6-7,10-12H2,1-2H3,(H,23,26). The van der Waals surface area contributed by atoms with Crippen molar-refractivity contribution in [2.24, 2.45) is 0 Å². The highest BCUT2D eigenvalue weighted by atomic mass is 32.2. The molecule has 0 aliphatic heterocycles. The molecule has 0 saturated heterocycles. The quantitative estimate of drug-likeness (QED) is 0.320. The van der Waals surface area contributed by atoms with Crippen molar-refractivity contribution < 1.29 is 19.1 Å². The fourth-order valence-electron chi connectivity index (χ4n) is 3.73. The Balaban J connectivity index is 1.77. The molecule has 1 amide bonds. The summed E-state index contributed by atoms with van der Waals surface area (Å²) in [5, 5.41) is 3.57. The Morgan fingerprint density at radius 2 is 2.00 bits per heavy atom. The molecule has 1 aliphatic rings. The van der Waals surface area contributed by atoms with Gasteiger partial charge >= 0.3 is 5.97 Å². The zero-order valence-electron chi connectivity index (χ0n) is 17.8. The minimum absolute atomic E-state index is 0.00478. The zero-order chi connectivity index (χ0) is 22.7. The van der Waals surface area contributed by atoms with Gasteiger partial charge in [0.1, 0.15) is 17.1 Å². The van der Waals surface area contributed by atoms with Crippen LogP contribution in [0.15, 0.2) is 34.2 Å². The lowest BCUT2D eigenvalue weighted by Crippen LogP contribution is -2.31. The van der Waals surface area contributed by atoms with Gasteiger partial charge in [0.25, 0.3) is 5.56 Å². The summed E-state index contributed by atoms with van der Waals surface area (Å²) in [7, 11) is 2.81. The van der Waals surface area contributed by atoms with Crippen molar-refractivity contribution in [3.8, 4) is 11.4 Å². The third kappa shape index (κ3) is 4.37. The first kappa shape index (κ1) is 22.3. The van der Waals surface area contributed by atoms with Gasteiger partial charge in [-0.2, -0.15) is 0 Å². The molecule has 0 spiro atoms. The lowest BCUT2D eigenvalue weighted by atomic mass is 9.97. The van der Waals surface area contributed by atoms with Gasteiger partial charge in [-0.3, -0.25) is 19.0 Å². The maximum atomic E-state index is 13.7. The van der Waals surface area contributed by atoms with E-state index in [2.05, 4.69) is 10.1 Å². The molecule has 2 aromatic heterocycles. The summed E-state index contributed by atoms with van der Waals surface area (Å²) < 4.78 is 11.6. The van der Waals surface area contributed by atoms with E-state index in [1.54, 1.807) is 30.6 Å². The summed E-state index contributed by atoms with van der Waals surface area (Å²) in [5.74, 6) is -0.350. The van der Waals surface area contributed by atoms with Gasteiger partial charge in [0.15, 0.2) is 5.16 Å². The Kier molecular flexibility index (Phi) is 6.80. The number of para-hydroxylation sites is 2. The fraction of sp³-hybridized carbons (Fsp3) is 0.364. The number of hydrogen-bond acceptors (Lipinski definition) is 8. The van der Waals surface area contributed by atoms with Gasteiger partial charge in [0.05, 0.1) is 31.0 Å². The van der Waals surface area contributed by atoms with E-state index in [1.807, 2.05) is 12.1 Å². The van der Waals surface area contributed by atoms with Crippen molar-refractivity contribution >= 4 is 45.2 Å². The summed E-state index contributed by atoms with van der Waals surface area (Å²) in [4.78, 5) is 44.0. The molecule has 1 aromatic carbocycles. The van der Waals surface area contributed by atoms with E-state index >= 15 is 0 Å². The highest BCUT2D eigenvalue weighted by Gasteiger charge is 2.24. The number of fused-ring (bicyclic) bond motifs is 3. The monoisotopic (exact) mass is 473 g/mol. The number of rotatable bonds is 7. The topological polar surface area (TPSA) is 99.5 Å². The van der Waals surface area contributed by atoms with Gasteiger partial charge in [0.2, 0.25) is 5.91 Å². The molecule has 2 heterocycles. The molecule has 1 N–H and O–H groups in total. The third-order valence-corrected chi connectivity index (χ3v) is 7.40. The van der Waals surface area contributed by atoms with Crippen LogP contribution in [-0.2, 0) is 27.2 Å². The van der Waals surface area contributed by atoms with Crippen molar-refractivity contribution in [3.05, 3.63) is 45.1 Å². The zero-order valence-corrected chi connectivity index (χ0v) is 19.4. The van der Waals surface area contributed by atoms with E-state index in [0.717, 1.165) is 43.0 Å². The number of nitrogens with one attached hydrogen (secondary N) is 1. The van der Waals surface area contributed by atoms with Crippen molar-refractivity contribution in [3.63, 3.8) is 0 Å². The van der Waals surface area contributed by atoms with Gasteiger partial charge in [0, 0.05) is 4.88 Å². The van der Waals surface area contributed by atoms with E-state index in [0.29, 0.717) is 26.8 Å². The Hall–Kier alpha value is -2.85. The molecule has 1 aliphatic carbocycles. The molecule has 0 atom stereocenters. The van der Waals surface area contributed by atoms with E-state index in [1.165, 1.54) is 16.6 Å². The molecule has 0 fully saturated rings. The number of nitrogens with zero attached hydrogens (tertiary/aromatic N) is 2. The van der Waals surface area contributed by atoms with Crippen LogP contribution in [0.2, 0.25) is 0 Å². The highest BCUT2D eigenvalue weighted by molar-refractivity contribution is 7.99. The Labute approximate surface area is 192 Å². The Morgan fingerprint density at radius 3 is 2.78 bits per heavy atom. The number of thioether (sulfide) groups is 1. The van der Waals surface area contributed by atoms with E-state index in [4.69, 9.17) is 9.72 Å². The van der Waals surface area contributed by atoms with Crippen LogP contribution in [0.25, 0.3) is 15.9 Å². The predicted octanol–water partition coefficient (Wildman–Crippen LogP) is 2.72. The molecule has 0 unspecified atom stereocenters. The number of amides is 1. The number of carbonyl (C=O) groups excluding carboxylic acids is 2. The largest absolute Gasteiger partial charge is 0.495 e. The number of thiophene rings is 1. The number of benzene rings is 1. The second kappa shape index (κ2) is 9.74. The van der Waals surface area contributed by atoms with Crippen molar-refractivity contribution in [2.75, 3.05) is 26.5 Å². The lowest BCUT2D eigenvalue weighted by Gasteiger charge is -2.15. The summed E-state index contributed by atoms with van der Waals surface area (Å²) in [6, 6.07) is 7.24. The fourth-order valence-corrected chi connectivity index (χ4v) is 5.87. The molecule has 10 heteroatoms. The van der Waals surface area contributed by atoms with Gasteiger partial charge < -0.3 is 14.8 Å². The Morgan fingerprint density at radius 1 is 1.22 bits per heavy atom. The first-order valence-corrected chi connectivity index (χ1v) is 12.0. The second-order valence-electron chi connectivity index (χ2n) is 7.24. The third-order valence-electron chi connectivity index (χ3n) is 5.27. The second-order valence-corrected chi connectivity index (χ2v) is 9.27. The number of esters is 1. The highest BCUT2D eigenvalue weighted by Crippen LogP contribution is 2.36. The minimum atomic E-state index is -0.530. The molecule has 0 saturated carbocycles. The van der Waals surface area contributed by atoms with Crippen LogP contribution in [0.4, 0.5) is 0 Å². The molecular weight excluding hydrogens is 450 g/mol. The summed E-state index contributed by atoms with van der Waals surface area (Å²) in [6.07, 6.45) is 4.01. The maximum absolute atomic E-state index is 13.7. The molecular formula is C22H23N3O5S2. The Bertz CT molecular complexity index is 1230. The van der Waals surface area contributed by atoms with Gasteiger partial charge in [-0.25, -0.2) is 4.98 Å². The van der Waals surface area contributed by atoms with E-state index < -0.39 is 5.97 Å². The van der Waals surface area contributed by atoms with Crippen molar-refractivity contribution in [1.82, 2.24) is 14.9 Å². The molecule has 0 radical (unpaired) electrons. The number of methoxy groups -OCH3 is 2. The minimum Gasteiger partial charge on any atom is -0.495 e. The number of ether oxygens (including phenoxy) is 2. The molecule has 0 bridgehead atoms. The number of aromatic nitrogens is 2. The average molecular weight is 474 g/mol. The summed E-state index contributed by atoms with van der Waals surface area (Å²) >= 11 is 2.70. The lowest BCUT2D eigenvalue weighted by molar-refractivity contribution is -0.140. The van der Waals surface area contributed by atoms with E-state index in [9.17, 15) is 14.4 Å². The van der Waals surface area contributed by atoms with Crippen LogP contribution in [0.3, 0.4) is 0 Å². The smallest absolute Gasteiger partial charge is 0.325 e. The molecule has 168 valence electrons. The number of aryl methyl sites for hydroxylation is 2. The van der Waals surface area contributed by atoms with E-state index in [-0.39, 0.29) is 23.8 Å². The van der Waals surface area contributed by atoms with Crippen LogP contribution in [-0.4, -0.2) is 47.9 Å². The molecule has 8 nitrogen and oxygen atoms in total. The summed E-state index contributed by atoms with van der Waals surface area (Å²) in [6.45, 7) is -0.209. The summed E-state index contributed by atoms with van der Waals surface area (Å²) in [5.41, 5.74) is 1.52. The predicted molar refractivity (Wildman–Crippen MR) is 124 cm³/mol. The molecule has 3 aromatic rings. The van der Waals surface area contributed by atoms with Crippen LogP contribution in [0.5, 0.6) is 5.75 Å². The van der Waals surface area contributed by atoms with Gasteiger partial charge in [-0.15, -0.1) is 11.3 Å². The van der Waals surface area contributed by atoms with Crippen molar-refractivity contribution in [2.45, 2.75) is 30.8 Å². The normalized spacial score (nSPS) is 12.9. The van der Waals surface area contributed by atoms with Crippen LogP contribution in [0, 0.1) is 0 Å². The van der Waals surface area contributed by atoms with Crippen LogP contribution >= 0.6 is 23.1 Å². The first-order valence-electron chi connectivity index (χ1n) is 10.2.